The average Bonchev–Trinajstić information content (AvgIpc) is 2.47. The predicted molar refractivity (Wildman–Crippen MR) is 82.8 cm³/mol. The fourth-order valence-electron chi connectivity index (χ4n) is 1.64. The van der Waals surface area contributed by atoms with Crippen molar-refractivity contribution in [2.24, 2.45) is 0 Å². The Morgan fingerprint density at radius 2 is 1.95 bits per heavy atom. The molecule has 2 rings (SSSR count). The molecule has 21 heavy (non-hydrogen) atoms. The Morgan fingerprint density at radius 1 is 1.24 bits per heavy atom. The van der Waals surface area contributed by atoms with Gasteiger partial charge in [-0.2, -0.15) is 5.26 Å². The fraction of sp³-hybridized carbons (Fsp3) is 0. The summed E-state index contributed by atoms with van der Waals surface area (Å²) in [4.78, 5) is 12.0. The van der Waals surface area contributed by atoms with Gasteiger partial charge in [-0.25, -0.2) is 4.39 Å². The minimum absolute atomic E-state index is 0.0940. The largest absolute Gasteiger partial charge is 0.321 e. The van der Waals surface area contributed by atoms with Crippen LogP contribution in [0.4, 0.5) is 10.1 Å². The van der Waals surface area contributed by atoms with Gasteiger partial charge in [0.1, 0.15) is 17.5 Å². The van der Waals surface area contributed by atoms with Crippen molar-refractivity contribution in [3.05, 3.63) is 70.0 Å². The second kappa shape index (κ2) is 6.82. The first-order valence-corrected chi connectivity index (χ1v) is 6.82. The molecule has 0 radical (unpaired) electrons. The fourth-order valence-corrected chi connectivity index (χ4v) is 1.91. The molecule has 0 fully saturated rings. The van der Waals surface area contributed by atoms with E-state index >= 15 is 0 Å². The van der Waals surface area contributed by atoms with Gasteiger partial charge in [0.2, 0.25) is 0 Å². The van der Waals surface area contributed by atoms with Crippen LogP contribution in [0.1, 0.15) is 5.56 Å². The van der Waals surface area contributed by atoms with Gasteiger partial charge in [0.25, 0.3) is 5.91 Å². The topological polar surface area (TPSA) is 52.9 Å². The van der Waals surface area contributed by atoms with E-state index in [-0.39, 0.29) is 5.57 Å². The Morgan fingerprint density at radius 3 is 2.57 bits per heavy atom. The quantitative estimate of drug-likeness (QED) is 0.672. The second-order valence-electron chi connectivity index (χ2n) is 4.19. The van der Waals surface area contributed by atoms with Crippen molar-refractivity contribution in [1.82, 2.24) is 0 Å². The molecule has 0 atom stereocenters. The molecule has 2 aromatic rings. The first-order chi connectivity index (χ1) is 10.1. The molecular weight excluding hydrogens is 335 g/mol. The zero-order chi connectivity index (χ0) is 15.2. The maximum atomic E-state index is 13.1. The van der Waals surface area contributed by atoms with Crippen LogP contribution in [0.3, 0.4) is 0 Å². The highest BCUT2D eigenvalue weighted by atomic mass is 79.9. The lowest BCUT2D eigenvalue weighted by molar-refractivity contribution is -0.112. The van der Waals surface area contributed by atoms with Crippen molar-refractivity contribution in [2.75, 3.05) is 5.32 Å². The minimum atomic E-state index is -0.538. The molecule has 1 N–H and O–H groups in total. The summed E-state index contributed by atoms with van der Waals surface area (Å²) in [6.45, 7) is 0. The maximum absolute atomic E-state index is 13.1. The van der Waals surface area contributed by atoms with E-state index < -0.39 is 11.7 Å². The van der Waals surface area contributed by atoms with E-state index in [1.807, 2.05) is 6.07 Å². The summed E-state index contributed by atoms with van der Waals surface area (Å²) in [6, 6.07) is 14.5. The van der Waals surface area contributed by atoms with Crippen molar-refractivity contribution < 1.29 is 9.18 Å². The molecule has 0 aromatic heterocycles. The molecular formula is C16H10BrFN2O. The number of nitrogens with one attached hydrogen (secondary N) is 1. The molecule has 0 bridgehead atoms. The number of nitrogens with zero attached hydrogens (tertiary/aromatic N) is 1. The van der Waals surface area contributed by atoms with Gasteiger partial charge in [0.15, 0.2) is 0 Å². The van der Waals surface area contributed by atoms with Gasteiger partial charge in [0, 0.05) is 10.2 Å². The molecule has 0 aliphatic heterocycles. The summed E-state index contributed by atoms with van der Waals surface area (Å²) in [7, 11) is 0. The second-order valence-corrected chi connectivity index (χ2v) is 5.10. The summed E-state index contributed by atoms with van der Waals surface area (Å²) in [5.74, 6) is -0.960. The monoisotopic (exact) mass is 344 g/mol. The number of hydrogen-bond acceptors (Lipinski definition) is 2. The van der Waals surface area contributed by atoms with Crippen LogP contribution in [-0.2, 0) is 4.79 Å². The van der Waals surface area contributed by atoms with Crippen LogP contribution in [0.15, 0.2) is 58.6 Å². The zero-order valence-electron chi connectivity index (χ0n) is 10.8. The van der Waals surface area contributed by atoms with Gasteiger partial charge in [0.05, 0.1) is 0 Å². The normalized spacial score (nSPS) is 10.8. The van der Waals surface area contributed by atoms with Crippen LogP contribution in [-0.4, -0.2) is 5.91 Å². The molecule has 0 saturated carbocycles. The lowest BCUT2D eigenvalue weighted by Crippen LogP contribution is -2.13. The first-order valence-electron chi connectivity index (χ1n) is 6.03. The van der Waals surface area contributed by atoms with Crippen LogP contribution < -0.4 is 5.32 Å². The summed E-state index contributed by atoms with van der Waals surface area (Å²) in [5.41, 5.74) is 0.935. The highest BCUT2D eigenvalue weighted by Crippen LogP contribution is 2.15. The number of hydrogen-bond donors (Lipinski definition) is 1. The van der Waals surface area contributed by atoms with E-state index in [4.69, 9.17) is 5.26 Å². The zero-order valence-corrected chi connectivity index (χ0v) is 12.4. The van der Waals surface area contributed by atoms with E-state index in [9.17, 15) is 9.18 Å². The van der Waals surface area contributed by atoms with E-state index in [2.05, 4.69) is 21.2 Å². The number of halogens is 2. The van der Waals surface area contributed by atoms with Gasteiger partial charge in [-0.1, -0.05) is 28.1 Å². The van der Waals surface area contributed by atoms with Crippen LogP contribution in [0.5, 0.6) is 0 Å². The number of amides is 1. The van der Waals surface area contributed by atoms with Crippen molar-refractivity contribution in [2.45, 2.75) is 0 Å². The lowest BCUT2D eigenvalue weighted by atomic mass is 10.1. The molecule has 0 heterocycles. The van der Waals surface area contributed by atoms with Crippen LogP contribution in [0.25, 0.3) is 6.08 Å². The van der Waals surface area contributed by atoms with E-state index in [0.717, 1.165) is 4.47 Å². The number of nitriles is 1. The molecule has 0 aliphatic rings. The van der Waals surface area contributed by atoms with Gasteiger partial charge in [-0.05, 0) is 48.0 Å². The SMILES string of the molecule is N#C/C(=C/c1cccc(F)c1)C(=O)Nc1ccc(Br)cc1. The highest BCUT2D eigenvalue weighted by molar-refractivity contribution is 9.10. The lowest BCUT2D eigenvalue weighted by Gasteiger charge is -2.04. The van der Waals surface area contributed by atoms with Crippen molar-refractivity contribution in [1.29, 1.82) is 5.26 Å². The predicted octanol–water partition coefficient (Wildman–Crippen LogP) is 4.13. The third-order valence-corrected chi connectivity index (χ3v) is 3.16. The standard InChI is InChI=1S/C16H10BrFN2O/c17-13-4-6-15(7-5-13)20-16(21)12(10-19)8-11-2-1-3-14(18)9-11/h1-9H,(H,20,21)/b12-8-. The molecule has 5 heteroatoms. The van der Waals surface area contributed by atoms with E-state index in [0.29, 0.717) is 11.3 Å². The van der Waals surface area contributed by atoms with Crippen molar-refractivity contribution in [3.8, 4) is 6.07 Å². The molecule has 2 aromatic carbocycles. The van der Waals surface area contributed by atoms with Crippen LogP contribution in [0, 0.1) is 17.1 Å². The molecule has 0 aliphatic carbocycles. The Labute approximate surface area is 129 Å². The Hall–Kier alpha value is -2.45. The average molecular weight is 345 g/mol. The summed E-state index contributed by atoms with van der Waals surface area (Å²) in [6.07, 6.45) is 1.34. The molecule has 3 nitrogen and oxygen atoms in total. The van der Waals surface area contributed by atoms with Gasteiger partial charge < -0.3 is 5.32 Å². The maximum Gasteiger partial charge on any atom is 0.266 e. The van der Waals surface area contributed by atoms with Crippen molar-refractivity contribution >= 4 is 33.6 Å². The number of carbonyl (C=O) groups is 1. The molecule has 1 amide bonds. The van der Waals surface area contributed by atoms with Gasteiger partial charge in [-0.15, -0.1) is 0 Å². The third-order valence-electron chi connectivity index (χ3n) is 2.63. The number of rotatable bonds is 3. The Bertz CT molecular complexity index is 733. The molecule has 0 saturated heterocycles. The van der Waals surface area contributed by atoms with Gasteiger partial charge >= 0.3 is 0 Å². The minimum Gasteiger partial charge on any atom is -0.321 e. The van der Waals surface area contributed by atoms with Crippen molar-refractivity contribution in [3.63, 3.8) is 0 Å². The Balaban J connectivity index is 2.19. The number of benzene rings is 2. The molecule has 0 spiro atoms. The smallest absolute Gasteiger partial charge is 0.266 e. The number of anilines is 1. The van der Waals surface area contributed by atoms with E-state index in [1.165, 1.54) is 24.3 Å². The third kappa shape index (κ3) is 4.26. The van der Waals surface area contributed by atoms with Gasteiger partial charge in [-0.3, -0.25) is 4.79 Å². The highest BCUT2D eigenvalue weighted by Gasteiger charge is 2.09. The van der Waals surface area contributed by atoms with E-state index in [1.54, 1.807) is 30.3 Å². The van der Waals surface area contributed by atoms with Crippen LogP contribution in [0.2, 0.25) is 0 Å². The summed E-state index contributed by atoms with van der Waals surface area (Å²) >= 11 is 3.29. The molecule has 104 valence electrons. The number of carbonyl (C=O) groups excluding carboxylic acids is 1. The first kappa shape index (κ1) is 14.9. The van der Waals surface area contributed by atoms with Crippen LogP contribution >= 0.6 is 15.9 Å². The Kier molecular flexibility index (Phi) is 4.85. The summed E-state index contributed by atoms with van der Waals surface area (Å²) in [5, 5.41) is 11.7. The summed E-state index contributed by atoms with van der Waals surface area (Å²) < 4.78 is 14.0. The molecule has 0 unspecified atom stereocenters.